The van der Waals surface area contributed by atoms with Crippen LogP contribution in [0, 0.1) is 0 Å². The molecule has 0 atom stereocenters. The summed E-state index contributed by atoms with van der Waals surface area (Å²) in [4.78, 5) is 48.5. The molecule has 0 spiro atoms. The molecule has 3 N–H and O–H groups in total. The highest BCUT2D eigenvalue weighted by Gasteiger charge is 2.35. The third-order valence-electron chi connectivity index (χ3n) is 4.68. The number of carbonyl (C=O) groups excluding carboxylic acids is 4. The van der Waals surface area contributed by atoms with E-state index in [4.69, 9.17) is 15.2 Å². The van der Waals surface area contributed by atoms with Gasteiger partial charge in [-0.05, 0) is 59.7 Å². The first-order chi connectivity index (χ1) is 15.8. The zero-order chi connectivity index (χ0) is 24.0. The van der Waals surface area contributed by atoms with Gasteiger partial charge < -0.3 is 20.5 Å². The highest BCUT2D eigenvalue weighted by molar-refractivity contribution is 8.18. The van der Waals surface area contributed by atoms with Crippen LogP contribution in [0.25, 0.3) is 6.08 Å². The Bertz CT molecular complexity index is 1110. The van der Waals surface area contributed by atoms with Gasteiger partial charge in [0.05, 0.1) is 12.0 Å². The minimum atomic E-state index is -0.774. The van der Waals surface area contributed by atoms with Crippen LogP contribution in [0.15, 0.2) is 47.4 Å². The molecule has 0 unspecified atom stereocenters. The van der Waals surface area contributed by atoms with Gasteiger partial charge in [-0.2, -0.15) is 0 Å². The van der Waals surface area contributed by atoms with Gasteiger partial charge in [0.15, 0.2) is 18.1 Å². The Morgan fingerprint density at radius 3 is 2.48 bits per heavy atom. The number of hydrogen-bond donors (Lipinski definition) is 2. The van der Waals surface area contributed by atoms with Gasteiger partial charge in [-0.15, -0.1) is 0 Å². The number of carbonyl (C=O) groups is 4. The van der Waals surface area contributed by atoms with Crippen molar-refractivity contribution in [2.75, 3.05) is 25.6 Å². The molecule has 2 aromatic carbocycles. The summed E-state index contributed by atoms with van der Waals surface area (Å²) in [6, 6.07) is 12.4. The molecule has 2 aromatic rings. The molecule has 0 radical (unpaired) electrons. The van der Waals surface area contributed by atoms with Gasteiger partial charge in [-0.1, -0.05) is 25.1 Å². The molecule has 172 valence electrons. The van der Waals surface area contributed by atoms with E-state index in [0.717, 1.165) is 23.1 Å². The summed E-state index contributed by atoms with van der Waals surface area (Å²) >= 11 is 0.719. The fraction of sp³-hybridized carbons (Fsp3) is 0.217. The van der Waals surface area contributed by atoms with Crippen LogP contribution >= 0.6 is 11.8 Å². The zero-order valence-electron chi connectivity index (χ0n) is 18.1. The second-order valence-corrected chi connectivity index (χ2v) is 8.02. The van der Waals surface area contributed by atoms with Gasteiger partial charge >= 0.3 is 0 Å². The van der Waals surface area contributed by atoms with Crippen molar-refractivity contribution in [2.45, 2.75) is 13.3 Å². The van der Waals surface area contributed by atoms with E-state index in [1.807, 2.05) is 24.3 Å². The number of methoxy groups -OCH3 is 1. The minimum absolute atomic E-state index is 0.158. The van der Waals surface area contributed by atoms with Gasteiger partial charge in [0.2, 0.25) is 5.91 Å². The SMILES string of the molecule is CCc1ccc(NC(=O)COc2ccc(/C=C3\SC(=O)N(CC(N)=O)C3=O)cc2OC)cc1. The average Bonchev–Trinajstić information content (AvgIpc) is 3.05. The van der Waals surface area contributed by atoms with E-state index < -0.39 is 23.6 Å². The highest BCUT2D eigenvalue weighted by Crippen LogP contribution is 2.34. The zero-order valence-corrected chi connectivity index (χ0v) is 18.9. The van der Waals surface area contributed by atoms with Crippen molar-refractivity contribution in [1.29, 1.82) is 0 Å². The second kappa shape index (κ2) is 10.7. The first-order valence-corrected chi connectivity index (χ1v) is 10.9. The fourth-order valence-electron chi connectivity index (χ4n) is 3.00. The Hall–Kier alpha value is -3.79. The van der Waals surface area contributed by atoms with Crippen LogP contribution in [0.5, 0.6) is 11.5 Å². The number of anilines is 1. The largest absolute Gasteiger partial charge is 0.493 e. The molecule has 9 nitrogen and oxygen atoms in total. The molecule has 0 aromatic heterocycles. The normalized spacial score (nSPS) is 14.5. The number of nitrogens with one attached hydrogen (secondary N) is 1. The summed E-state index contributed by atoms with van der Waals surface area (Å²) in [5, 5.41) is 2.20. The Kier molecular flexibility index (Phi) is 7.73. The molecule has 1 aliphatic heterocycles. The average molecular weight is 470 g/mol. The Labute approximate surface area is 194 Å². The molecule has 0 saturated carbocycles. The summed E-state index contributed by atoms with van der Waals surface area (Å²) < 4.78 is 10.9. The number of aryl methyl sites for hydroxylation is 1. The van der Waals surface area contributed by atoms with E-state index in [9.17, 15) is 19.2 Å². The minimum Gasteiger partial charge on any atom is -0.493 e. The summed E-state index contributed by atoms with van der Waals surface area (Å²) in [7, 11) is 1.45. The lowest BCUT2D eigenvalue weighted by Gasteiger charge is -2.12. The summed E-state index contributed by atoms with van der Waals surface area (Å²) in [6.45, 7) is 1.36. The quantitative estimate of drug-likeness (QED) is 0.541. The maximum Gasteiger partial charge on any atom is 0.294 e. The lowest BCUT2D eigenvalue weighted by atomic mass is 10.1. The first-order valence-electron chi connectivity index (χ1n) is 10.0. The molecule has 1 aliphatic rings. The molecular weight excluding hydrogens is 446 g/mol. The molecule has 10 heteroatoms. The molecule has 0 aliphatic carbocycles. The molecule has 3 rings (SSSR count). The monoisotopic (exact) mass is 469 g/mol. The third kappa shape index (κ3) is 6.13. The number of hydrogen-bond acceptors (Lipinski definition) is 7. The number of primary amides is 1. The van der Waals surface area contributed by atoms with E-state index in [0.29, 0.717) is 22.7 Å². The molecule has 1 fully saturated rings. The van der Waals surface area contributed by atoms with Crippen LogP contribution in [0.2, 0.25) is 0 Å². The van der Waals surface area contributed by atoms with Crippen LogP contribution in [-0.4, -0.2) is 48.1 Å². The topological polar surface area (TPSA) is 128 Å². The second-order valence-electron chi connectivity index (χ2n) is 7.03. The maximum atomic E-state index is 12.3. The summed E-state index contributed by atoms with van der Waals surface area (Å²) in [5.41, 5.74) is 7.50. The van der Waals surface area contributed by atoms with Gasteiger partial charge in [-0.3, -0.25) is 24.1 Å². The van der Waals surface area contributed by atoms with Crippen LogP contribution in [0.1, 0.15) is 18.1 Å². The number of amides is 4. The van der Waals surface area contributed by atoms with E-state index in [1.165, 1.54) is 18.7 Å². The van der Waals surface area contributed by atoms with Crippen molar-refractivity contribution in [3.63, 3.8) is 0 Å². The van der Waals surface area contributed by atoms with Gasteiger partial charge in [0, 0.05) is 5.69 Å². The fourth-order valence-corrected chi connectivity index (χ4v) is 3.84. The van der Waals surface area contributed by atoms with Crippen LogP contribution in [0.3, 0.4) is 0 Å². The molecule has 4 amide bonds. The van der Waals surface area contributed by atoms with Gasteiger partial charge in [0.25, 0.3) is 17.1 Å². The lowest BCUT2D eigenvalue weighted by molar-refractivity contribution is -0.127. The summed E-state index contributed by atoms with van der Waals surface area (Å²) in [5.74, 6) is -1.00. The number of nitrogens with zero attached hydrogens (tertiary/aromatic N) is 1. The van der Waals surface area contributed by atoms with Crippen LogP contribution in [0.4, 0.5) is 10.5 Å². The van der Waals surface area contributed by atoms with Crippen molar-refractivity contribution in [3.8, 4) is 11.5 Å². The molecule has 33 heavy (non-hydrogen) atoms. The van der Waals surface area contributed by atoms with Crippen molar-refractivity contribution in [3.05, 3.63) is 58.5 Å². The molecule has 1 saturated heterocycles. The van der Waals surface area contributed by atoms with E-state index >= 15 is 0 Å². The van der Waals surface area contributed by atoms with E-state index in [1.54, 1.807) is 18.2 Å². The van der Waals surface area contributed by atoms with E-state index in [-0.39, 0.29) is 17.4 Å². The maximum absolute atomic E-state index is 12.3. The summed E-state index contributed by atoms with van der Waals surface area (Å²) in [6.07, 6.45) is 2.42. The highest BCUT2D eigenvalue weighted by atomic mass is 32.2. The van der Waals surface area contributed by atoms with E-state index in [2.05, 4.69) is 12.2 Å². The lowest BCUT2D eigenvalue weighted by Crippen LogP contribution is -2.36. The van der Waals surface area contributed by atoms with Crippen molar-refractivity contribution < 1.29 is 28.7 Å². The van der Waals surface area contributed by atoms with Crippen molar-refractivity contribution in [2.24, 2.45) is 5.73 Å². The first kappa shape index (κ1) is 23.9. The van der Waals surface area contributed by atoms with Crippen LogP contribution < -0.4 is 20.5 Å². The Morgan fingerprint density at radius 1 is 1.12 bits per heavy atom. The molecule has 0 bridgehead atoms. The van der Waals surface area contributed by atoms with Gasteiger partial charge in [0.1, 0.15) is 6.54 Å². The number of thioether (sulfide) groups is 1. The number of ether oxygens (including phenoxy) is 2. The standard InChI is InChI=1S/C23H23N3O6S/c1-3-14-4-7-16(8-5-14)25-21(28)13-32-17-9-6-15(10-18(17)31-2)11-19-22(29)26(12-20(24)27)23(30)33-19/h4-11H,3,12-13H2,1-2H3,(H2,24,27)(H,25,28)/b19-11-. The smallest absolute Gasteiger partial charge is 0.294 e. The predicted octanol–water partition coefficient (Wildman–Crippen LogP) is 2.80. The number of nitrogens with two attached hydrogens (primary N) is 1. The Morgan fingerprint density at radius 2 is 1.85 bits per heavy atom. The number of rotatable bonds is 9. The molecule has 1 heterocycles. The predicted molar refractivity (Wildman–Crippen MR) is 125 cm³/mol. The van der Waals surface area contributed by atoms with Crippen molar-refractivity contribution >= 4 is 46.5 Å². The molecular formula is C23H23N3O6S. The van der Waals surface area contributed by atoms with Crippen LogP contribution in [-0.2, 0) is 20.8 Å². The number of imide groups is 1. The van der Waals surface area contributed by atoms with Crippen molar-refractivity contribution in [1.82, 2.24) is 4.90 Å². The van der Waals surface area contributed by atoms with Gasteiger partial charge in [-0.25, -0.2) is 0 Å². The Balaban J connectivity index is 1.65. The third-order valence-corrected chi connectivity index (χ3v) is 5.59. The number of benzene rings is 2.